The second-order valence-corrected chi connectivity index (χ2v) is 7.45. The number of fused-ring (bicyclic) bond motifs is 1. The van der Waals surface area contributed by atoms with Crippen LogP contribution in [0.25, 0.3) is 10.9 Å². The van der Waals surface area contributed by atoms with Crippen molar-refractivity contribution in [1.82, 2.24) is 14.5 Å². The predicted octanol–water partition coefficient (Wildman–Crippen LogP) is 4.18. The van der Waals surface area contributed by atoms with E-state index >= 15 is 0 Å². The summed E-state index contributed by atoms with van der Waals surface area (Å²) in [5.41, 5.74) is 0.908. The van der Waals surface area contributed by atoms with E-state index in [-0.39, 0.29) is 11.5 Å². The molecule has 1 aromatic heterocycles. The monoisotopic (exact) mass is 433 g/mol. The van der Waals surface area contributed by atoms with E-state index in [0.29, 0.717) is 27.3 Å². The maximum absolute atomic E-state index is 12.8. The molecule has 0 saturated carbocycles. The minimum atomic E-state index is -0.400. The summed E-state index contributed by atoms with van der Waals surface area (Å²) in [4.78, 5) is 31.6. The van der Waals surface area contributed by atoms with E-state index in [9.17, 15) is 9.59 Å². The second kappa shape index (κ2) is 7.21. The lowest BCUT2D eigenvalue weighted by Crippen LogP contribution is -2.34. The summed E-state index contributed by atoms with van der Waals surface area (Å²) in [6.07, 6.45) is 0. The molecular weight excluding hydrogens is 418 g/mol. The Morgan fingerprint density at radius 3 is 2.69 bits per heavy atom. The molecule has 0 N–H and O–H groups in total. The van der Waals surface area contributed by atoms with Crippen molar-refractivity contribution in [3.8, 4) is 0 Å². The molecule has 0 aliphatic carbocycles. The molecule has 1 heterocycles. The van der Waals surface area contributed by atoms with Crippen LogP contribution in [-0.2, 0) is 7.05 Å². The van der Waals surface area contributed by atoms with Crippen LogP contribution in [-0.4, -0.2) is 27.4 Å². The quantitative estimate of drug-likeness (QED) is 0.621. The third-order valence-corrected chi connectivity index (χ3v) is 5.15. The van der Waals surface area contributed by atoms with Crippen molar-refractivity contribution in [3.63, 3.8) is 0 Å². The minimum Gasteiger partial charge on any atom is -0.332 e. The molecule has 0 aliphatic rings. The number of hydrogen-bond acceptors (Lipinski definition) is 3. The van der Waals surface area contributed by atoms with Gasteiger partial charge >= 0.3 is 0 Å². The Labute approximate surface area is 164 Å². The Morgan fingerprint density at radius 1 is 1.27 bits per heavy atom. The van der Waals surface area contributed by atoms with Crippen LogP contribution < -0.4 is 5.56 Å². The number of benzene rings is 2. The van der Waals surface area contributed by atoms with Gasteiger partial charge in [0.2, 0.25) is 0 Å². The van der Waals surface area contributed by atoms with Crippen molar-refractivity contribution < 1.29 is 4.79 Å². The second-order valence-electron chi connectivity index (χ2n) is 6.10. The molecule has 0 radical (unpaired) electrons. The highest BCUT2D eigenvalue weighted by molar-refractivity contribution is 9.10. The first-order chi connectivity index (χ1) is 12.3. The maximum Gasteiger partial charge on any atom is 0.261 e. The number of rotatable bonds is 3. The zero-order chi connectivity index (χ0) is 19.0. The van der Waals surface area contributed by atoms with Gasteiger partial charge in [0.15, 0.2) is 0 Å². The lowest BCUT2D eigenvalue weighted by molar-refractivity contribution is 0.0734. The Hall–Kier alpha value is -2.18. The molecule has 1 atom stereocenters. The van der Waals surface area contributed by atoms with E-state index in [0.717, 1.165) is 4.47 Å². The molecule has 26 heavy (non-hydrogen) atoms. The van der Waals surface area contributed by atoms with E-state index < -0.39 is 6.04 Å². The van der Waals surface area contributed by atoms with Gasteiger partial charge in [-0.25, -0.2) is 4.98 Å². The van der Waals surface area contributed by atoms with E-state index in [1.165, 1.54) is 4.57 Å². The summed E-state index contributed by atoms with van der Waals surface area (Å²) >= 11 is 9.41. The summed E-state index contributed by atoms with van der Waals surface area (Å²) in [5.74, 6) is 0.342. The van der Waals surface area contributed by atoms with Gasteiger partial charge in [0.25, 0.3) is 11.5 Å². The van der Waals surface area contributed by atoms with Gasteiger partial charge in [0, 0.05) is 29.2 Å². The molecule has 2 aromatic carbocycles. The van der Waals surface area contributed by atoms with Gasteiger partial charge < -0.3 is 4.90 Å². The van der Waals surface area contributed by atoms with Crippen molar-refractivity contribution >= 4 is 44.3 Å². The number of halogens is 2. The summed E-state index contributed by atoms with van der Waals surface area (Å²) in [6, 6.07) is 11.8. The lowest BCUT2D eigenvalue weighted by Gasteiger charge is -2.26. The molecule has 0 saturated heterocycles. The van der Waals surface area contributed by atoms with Gasteiger partial charge in [-0.05, 0) is 43.3 Å². The fourth-order valence-electron chi connectivity index (χ4n) is 2.81. The first kappa shape index (κ1) is 18.6. The molecular formula is C19H17BrClN3O2. The van der Waals surface area contributed by atoms with Crippen LogP contribution in [0.3, 0.4) is 0 Å². The number of aromatic nitrogens is 2. The number of hydrogen-bond donors (Lipinski definition) is 0. The third kappa shape index (κ3) is 3.39. The summed E-state index contributed by atoms with van der Waals surface area (Å²) in [7, 11) is 3.36. The molecule has 3 rings (SSSR count). The summed E-state index contributed by atoms with van der Waals surface area (Å²) < 4.78 is 2.31. The molecule has 0 spiro atoms. The van der Waals surface area contributed by atoms with Crippen LogP contribution in [0.4, 0.5) is 0 Å². The van der Waals surface area contributed by atoms with Crippen LogP contribution in [0, 0.1) is 0 Å². The average molecular weight is 435 g/mol. The van der Waals surface area contributed by atoms with E-state index in [2.05, 4.69) is 20.9 Å². The Kier molecular flexibility index (Phi) is 5.16. The van der Waals surface area contributed by atoms with Crippen LogP contribution in [0.1, 0.15) is 29.1 Å². The number of carbonyl (C=O) groups excluding carboxylic acids is 1. The van der Waals surface area contributed by atoms with Gasteiger partial charge in [0.05, 0.1) is 16.9 Å². The van der Waals surface area contributed by atoms with Crippen LogP contribution >= 0.6 is 27.5 Å². The molecule has 1 amide bonds. The maximum atomic E-state index is 12.8. The zero-order valence-corrected chi connectivity index (χ0v) is 16.9. The number of nitrogens with zero attached hydrogens (tertiary/aromatic N) is 3. The minimum absolute atomic E-state index is 0.153. The van der Waals surface area contributed by atoms with E-state index in [1.54, 1.807) is 49.3 Å². The highest BCUT2D eigenvalue weighted by Crippen LogP contribution is 2.22. The predicted molar refractivity (Wildman–Crippen MR) is 107 cm³/mol. The SMILES string of the molecule is CC(c1nc2cc(Cl)ccc2c(=O)n1C)N(C)C(=O)c1cccc(Br)c1. The molecule has 5 nitrogen and oxygen atoms in total. The van der Waals surface area contributed by atoms with Crippen molar-refractivity contribution in [1.29, 1.82) is 0 Å². The van der Waals surface area contributed by atoms with Crippen molar-refractivity contribution in [3.05, 3.63) is 73.7 Å². The zero-order valence-electron chi connectivity index (χ0n) is 14.5. The molecule has 0 fully saturated rings. The highest BCUT2D eigenvalue weighted by Gasteiger charge is 2.23. The van der Waals surface area contributed by atoms with Crippen molar-refractivity contribution in [2.45, 2.75) is 13.0 Å². The van der Waals surface area contributed by atoms with Gasteiger partial charge in [-0.15, -0.1) is 0 Å². The first-order valence-corrected chi connectivity index (χ1v) is 9.15. The topological polar surface area (TPSA) is 55.2 Å². The van der Waals surface area contributed by atoms with Gasteiger partial charge in [-0.3, -0.25) is 14.2 Å². The van der Waals surface area contributed by atoms with Crippen LogP contribution in [0.5, 0.6) is 0 Å². The van der Waals surface area contributed by atoms with Crippen molar-refractivity contribution in [2.24, 2.45) is 7.05 Å². The molecule has 3 aromatic rings. The standard InChI is InChI=1S/C19H17BrClN3O2/c1-11(23(2)18(25)12-5-4-6-13(20)9-12)17-22-16-10-14(21)7-8-15(16)19(26)24(17)3/h4-11H,1-3H3. The van der Waals surface area contributed by atoms with Gasteiger partial charge in [-0.2, -0.15) is 0 Å². The molecule has 134 valence electrons. The molecule has 7 heteroatoms. The van der Waals surface area contributed by atoms with Gasteiger partial charge in [-0.1, -0.05) is 33.6 Å². The molecule has 0 bridgehead atoms. The number of amides is 1. The van der Waals surface area contributed by atoms with Crippen LogP contribution in [0.2, 0.25) is 5.02 Å². The van der Waals surface area contributed by atoms with Crippen molar-refractivity contribution in [2.75, 3.05) is 7.05 Å². The van der Waals surface area contributed by atoms with E-state index in [4.69, 9.17) is 11.6 Å². The third-order valence-electron chi connectivity index (χ3n) is 4.42. The average Bonchev–Trinajstić information content (AvgIpc) is 2.62. The Bertz CT molecular complexity index is 1060. The lowest BCUT2D eigenvalue weighted by atomic mass is 10.1. The Morgan fingerprint density at radius 2 is 2.00 bits per heavy atom. The number of carbonyl (C=O) groups is 1. The molecule has 1 unspecified atom stereocenters. The highest BCUT2D eigenvalue weighted by atomic mass is 79.9. The fourth-order valence-corrected chi connectivity index (χ4v) is 3.37. The smallest absolute Gasteiger partial charge is 0.261 e. The first-order valence-electron chi connectivity index (χ1n) is 7.98. The van der Waals surface area contributed by atoms with Gasteiger partial charge in [0.1, 0.15) is 5.82 Å². The molecule has 0 aliphatic heterocycles. The largest absolute Gasteiger partial charge is 0.332 e. The Balaban J connectivity index is 2.03. The summed E-state index contributed by atoms with van der Waals surface area (Å²) in [6.45, 7) is 1.84. The van der Waals surface area contributed by atoms with E-state index in [1.807, 2.05) is 19.1 Å². The fraction of sp³-hybridized carbons (Fsp3) is 0.211. The summed E-state index contributed by atoms with van der Waals surface area (Å²) in [5, 5.41) is 1.00. The normalized spacial score (nSPS) is 12.2. The van der Waals surface area contributed by atoms with Crippen LogP contribution in [0.15, 0.2) is 51.7 Å².